The lowest BCUT2D eigenvalue weighted by atomic mass is 10.3. The van der Waals surface area contributed by atoms with E-state index in [1.54, 1.807) is 6.92 Å². The molecule has 0 aliphatic rings. The van der Waals surface area contributed by atoms with Gasteiger partial charge in [-0.1, -0.05) is 5.16 Å². The van der Waals surface area contributed by atoms with Gasteiger partial charge in [0, 0.05) is 19.7 Å². The van der Waals surface area contributed by atoms with Crippen molar-refractivity contribution in [2.24, 2.45) is 0 Å². The van der Waals surface area contributed by atoms with Crippen molar-refractivity contribution in [2.45, 2.75) is 20.0 Å². The fourth-order valence-electron chi connectivity index (χ4n) is 1.23. The monoisotopic (exact) mass is 256 g/mol. The Morgan fingerprint density at radius 1 is 1.50 bits per heavy atom. The van der Waals surface area contributed by atoms with E-state index in [0.717, 1.165) is 0 Å². The lowest BCUT2D eigenvalue weighted by molar-refractivity contribution is -0.142. The highest BCUT2D eigenvalue weighted by atomic mass is 16.5. The van der Waals surface area contributed by atoms with Crippen LogP contribution in [0.3, 0.4) is 0 Å². The summed E-state index contributed by atoms with van der Waals surface area (Å²) in [7, 11) is 1.52. The summed E-state index contributed by atoms with van der Waals surface area (Å²) in [5.41, 5.74) is 0.158. The lowest BCUT2D eigenvalue weighted by Crippen LogP contribution is -2.26. The first-order chi connectivity index (χ1) is 8.67. The minimum Gasteiger partial charge on any atom is -0.466 e. The zero-order valence-electron chi connectivity index (χ0n) is 10.4. The number of carbonyl (C=O) groups is 2. The Hall–Kier alpha value is -1.89. The van der Waals surface area contributed by atoms with E-state index < -0.39 is 5.91 Å². The van der Waals surface area contributed by atoms with Gasteiger partial charge in [0.1, 0.15) is 6.61 Å². The first-order valence-electron chi connectivity index (χ1n) is 5.55. The van der Waals surface area contributed by atoms with Gasteiger partial charge >= 0.3 is 5.97 Å². The molecule has 0 aliphatic carbocycles. The maximum Gasteiger partial charge on any atom is 0.307 e. The molecule has 0 fully saturated rings. The molecular weight excluding hydrogens is 240 g/mol. The van der Waals surface area contributed by atoms with Crippen LogP contribution in [-0.4, -0.2) is 37.3 Å². The molecule has 7 heteroatoms. The van der Waals surface area contributed by atoms with Gasteiger partial charge in [-0.2, -0.15) is 0 Å². The lowest BCUT2D eigenvalue weighted by Gasteiger charge is -2.02. The second-order valence-electron chi connectivity index (χ2n) is 3.42. The molecule has 0 saturated carbocycles. The van der Waals surface area contributed by atoms with Gasteiger partial charge in [0.25, 0.3) is 5.91 Å². The van der Waals surface area contributed by atoms with Crippen LogP contribution < -0.4 is 5.32 Å². The van der Waals surface area contributed by atoms with Crippen molar-refractivity contribution in [3.05, 3.63) is 17.5 Å². The summed E-state index contributed by atoms with van der Waals surface area (Å²) in [6.07, 6.45) is 0.127. The Morgan fingerprint density at radius 2 is 2.28 bits per heavy atom. The Morgan fingerprint density at radius 3 is 2.94 bits per heavy atom. The molecule has 0 radical (unpaired) electrons. The van der Waals surface area contributed by atoms with E-state index in [-0.39, 0.29) is 31.2 Å². The number of methoxy groups -OCH3 is 1. The molecular formula is C11H16N2O5. The van der Waals surface area contributed by atoms with Crippen LogP contribution in [0.15, 0.2) is 10.6 Å². The maximum absolute atomic E-state index is 11.6. The minimum atomic E-state index is -0.398. The summed E-state index contributed by atoms with van der Waals surface area (Å²) in [5.74, 6) is -0.281. The fraction of sp³-hybridized carbons (Fsp3) is 0.545. The molecule has 0 aromatic carbocycles. The third-order valence-corrected chi connectivity index (χ3v) is 2.00. The number of hydrogen-bond acceptors (Lipinski definition) is 6. The van der Waals surface area contributed by atoms with Crippen LogP contribution in [0.4, 0.5) is 0 Å². The highest BCUT2D eigenvalue weighted by Gasteiger charge is 2.12. The highest BCUT2D eigenvalue weighted by molar-refractivity contribution is 5.92. The minimum absolute atomic E-state index is 0.127. The number of nitrogens with one attached hydrogen (secondary N) is 1. The van der Waals surface area contributed by atoms with E-state index >= 15 is 0 Å². The zero-order chi connectivity index (χ0) is 13.4. The van der Waals surface area contributed by atoms with Crippen molar-refractivity contribution in [3.63, 3.8) is 0 Å². The Balaban J connectivity index is 2.33. The summed E-state index contributed by atoms with van der Waals surface area (Å²) < 4.78 is 14.4. The fourth-order valence-corrected chi connectivity index (χ4v) is 1.23. The van der Waals surface area contributed by atoms with Gasteiger partial charge < -0.3 is 19.3 Å². The summed E-state index contributed by atoms with van der Waals surface area (Å²) >= 11 is 0. The van der Waals surface area contributed by atoms with Crippen LogP contribution in [0.1, 0.15) is 29.6 Å². The van der Waals surface area contributed by atoms with Gasteiger partial charge in [0.2, 0.25) is 0 Å². The molecule has 100 valence electrons. The summed E-state index contributed by atoms with van der Waals surface area (Å²) in [4.78, 5) is 22.6. The second-order valence-corrected chi connectivity index (χ2v) is 3.42. The van der Waals surface area contributed by atoms with E-state index in [1.807, 2.05) is 0 Å². The topological polar surface area (TPSA) is 90.7 Å². The average Bonchev–Trinajstić information content (AvgIpc) is 2.78. The maximum atomic E-state index is 11.6. The van der Waals surface area contributed by atoms with Gasteiger partial charge in [-0.3, -0.25) is 9.59 Å². The van der Waals surface area contributed by atoms with Gasteiger partial charge in [-0.05, 0) is 6.92 Å². The highest BCUT2D eigenvalue weighted by Crippen LogP contribution is 2.04. The summed E-state index contributed by atoms with van der Waals surface area (Å²) in [5, 5.41) is 6.13. The van der Waals surface area contributed by atoms with Crippen molar-refractivity contribution >= 4 is 11.9 Å². The molecule has 0 unspecified atom stereocenters. The van der Waals surface area contributed by atoms with Crippen molar-refractivity contribution in [2.75, 3.05) is 20.3 Å². The van der Waals surface area contributed by atoms with E-state index in [4.69, 9.17) is 14.0 Å². The van der Waals surface area contributed by atoms with Crippen LogP contribution in [0.25, 0.3) is 0 Å². The first-order valence-corrected chi connectivity index (χ1v) is 5.55. The number of nitrogens with zero attached hydrogens (tertiary/aromatic N) is 1. The van der Waals surface area contributed by atoms with Gasteiger partial charge in [-0.15, -0.1) is 0 Å². The van der Waals surface area contributed by atoms with Gasteiger partial charge in [0.15, 0.2) is 11.5 Å². The predicted octanol–water partition coefficient (Wildman–Crippen LogP) is 0.504. The molecule has 1 aromatic heterocycles. The molecule has 7 nitrogen and oxygen atoms in total. The quantitative estimate of drug-likeness (QED) is 0.714. The molecule has 0 spiro atoms. The first kappa shape index (κ1) is 14.2. The number of ether oxygens (including phenoxy) is 2. The Bertz CT molecular complexity index is 402. The van der Waals surface area contributed by atoms with E-state index in [2.05, 4.69) is 10.5 Å². The largest absolute Gasteiger partial charge is 0.466 e. The number of aromatic nitrogens is 1. The van der Waals surface area contributed by atoms with Crippen LogP contribution in [0, 0.1) is 0 Å². The van der Waals surface area contributed by atoms with Crippen LogP contribution in [0.2, 0.25) is 0 Å². The number of rotatable bonds is 7. The third-order valence-electron chi connectivity index (χ3n) is 2.00. The molecule has 1 amide bonds. The summed E-state index contributed by atoms with van der Waals surface area (Å²) in [6, 6.07) is 1.49. The van der Waals surface area contributed by atoms with Crippen LogP contribution in [-0.2, 0) is 20.9 Å². The second kappa shape index (κ2) is 7.44. The number of esters is 1. The Kier molecular flexibility index (Phi) is 5.86. The molecule has 0 atom stereocenters. The normalized spacial score (nSPS) is 10.1. The number of hydrogen-bond donors (Lipinski definition) is 1. The number of amides is 1. The molecule has 1 heterocycles. The van der Waals surface area contributed by atoms with Crippen molar-refractivity contribution in [1.82, 2.24) is 10.5 Å². The van der Waals surface area contributed by atoms with E-state index in [9.17, 15) is 9.59 Å². The Labute approximate surface area is 104 Å². The molecule has 0 bridgehead atoms. The standard InChI is InChI=1S/C11H16N2O5/c1-3-17-10(14)4-5-12-11(15)9-6-8(7-16-2)18-13-9/h6H,3-5,7H2,1-2H3,(H,12,15). The van der Waals surface area contributed by atoms with Crippen molar-refractivity contribution in [1.29, 1.82) is 0 Å². The van der Waals surface area contributed by atoms with E-state index in [0.29, 0.717) is 12.4 Å². The molecule has 0 saturated heterocycles. The third kappa shape index (κ3) is 4.54. The molecule has 0 aliphatic heterocycles. The summed E-state index contributed by atoms with van der Waals surface area (Å²) in [6.45, 7) is 2.51. The average molecular weight is 256 g/mol. The van der Waals surface area contributed by atoms with Crippen LogP contribution >= 0.6 is 0 Å². The van der Waals surface area contributed by atoms with Crippen molar-refractivity contribution < 1.29 is 23.6 Å². The van der Waals surface area contributed by atoms with Crippen molar-refractivity contribution in [3.8, 4) is 0 Å². The molecule has 18 heavy (non-hydrogen) atoms. The molecule has 1 N–H and O–H groups in total. The SMILES string of the molecule is CCOC(=O)CCNC(=O)c1cc(COC)on1. The van der Waals surface area contributed by atoms with Gasteiger partial charge in [-0.25, -0.2) is 0 Å². The predicted molar refractivity (Wildman–Crippen MR) is 60.8 cm³/mol. The van der Waals surface area contributed by atoms with E-state index in [1.165, 1.54) is 13.2 Å². The number of carbonyl (C=O) groups excluding carboxylic acids is 2. The van der Waals surface area contributed by atoms with Gasteiger partial charge in [0.05, 0.1) is 13.0 Å². The molecule has 1 aromatic rings. The zero-order valence-corrected chi connectivity index (χ0v) is 10.4. The molecule has 1 rings (SSSR count). The van der Waals surface area contributed by atoms with Crippen LogP contribution in [0.5, 0.6) is 0 Å². The smallest absolute Gasteiger partial charge is 0.307 e.